The van der Waals surface area contributed by atoms with E-state index in [1.165, 1.54) is 37.3 Å². The molecule has 2 rings (SSSR count). The van der Waals surface area contributed by atoms with Crippen molar-refractivity contribution in [1.82, 2.24) is 20.4 Å². The summed E-state index contributed by atoms with van der Waals surface area (Å²) in [4.78, 5) is 14.2. The number of carbonyl (C=O) groups excluding carboxylic acids is 1. The number of anilines is 1. The van der Waals surface area contributed by atoms with E-state index in [-0.39, 0.29) is 5.91 Å². The zero-order chi connectivity index (χ0) is 13.7. The number of rotatable bonds is 5. The Hall–Kier alpha value is -1.21. The van der Waals surface area contributed by atoms with Gasteiger partial charge in [0.05, 0.1) is 0 Å². The minimum atomic E-state index is -0.119. The molecule has 1 aromatic heterocycles. The molecule has 1 amide bonds. The van der Waals surface area contributed by atoms with Crippen LogP contribution in [-0.4, -0.2) is 54.7 Å². The van der Waals surface area contributed by atoms with E-state index in [1.54, 1.807) is 7.05 Å². The lowest BCUT2D eigenvalue weighted by atomic mass is 9.94. The molecule has 2 N–H and O–H groups in total. The van der Waals surface area contributed by atoms with E-state index in [2.05, 4.69) is 32.8 Å². The molecular formula is C12H21N5OS. The number of hydrogen-bond acceptors (Lipinski definition) is 6. The van der Waals surface area contributed by atoms with Gasteiger partial charge in [-0.15, -0.1) is 10.2 Å². The summed E-state index contributed by atoms with van der Waals surface area (Å²) in [6, 6.07) is 0. The lowest BCUT2D eigenvalue weighted by molar-refractivity contribution is 0.0948. The summed E-state index contributed by atoms with van der Waals surface area (Å²) in [7, 11) is 3.93. The molecule has 0 aromatic carbocycles. The third kappa shape index (κ3) is 4.14. The predicted octanol–water partition coefficient (Wildman–Crippen LogP) is 1.04. The van der Waals surface area contributed by atoms with Crippen LogP contribution in [0.3, 0.4) is 0 Å². The number of likely N-dealkylation sites (tertiary alicyclic amines) is 1. The van der Waals surface area contributed by atoms with Crippen LogP contribution >= 0.6 is 11.3 Å². The molecule has 1 fully saturated rings. The molecule has 106 valence electrons. The Labute approximate surface area is 117 Å². The zero-order valence-electron chi connectivity index (χ0n) is 11.5. The largest absolute Gasteiger partial charge is 0.363 e. The van der Waals surface area contributed by atoms with Crippen molar-refractivity contribution in [2.45, 2.75) is 19.3 Å². The van der Waals surface area contributed by atoms with Gasteiger partial charge < -0.3 is 15.5 Å². The third-order valence-electron chi connectivity index (χ3n) is 3.51. The second-order valence-corrected chi connectivity index (χ2v) is 5.93. The number of carbonyl (C=O) groups is 1. The lowest BCUT2D eigenvalue weighted by Crippen LogP contribution is -2.32. The van der Waals surface area contributed by atoms with Crippen molar-refractivity contribution in [3.05, 3.63) is 5.01 Å². The topological polar surface area (TPSA) is 70.1 Å². The van der Waals surface area contributed by atoms with Gasteiger partial charge in [0.1, 0.15) is 0 Å². The highest BCUT2D eigenvalue weighted by Gasteiger charge is 2.17. The summed E-state index contributed by atoms with van der Waals surface area (Å²) in [5.74, 6) is 0.616. The first-order chi connectivity index (χ1) is 9.19. The molecule has 19 heavy (non-hydrogen) atoms. The number of piperidine rings is 1. The standard InChI is InChI=1S/C12H21N5OS/c1-13-12-16-15-11(19-12)10(18)14-6-3-9-4-7-17(2)8-5-9/h9H,3-8H2,1-2H3,(H,13,16)(H,14,18). The van der Waals surface area contributed by atoms with Crippen molar-refractivity contribution < 1.29 is 4.79 Å². The average Bonchev–Trinajstić information content (AvgIpc) is 2.90. The van der Waals surface area contributed by atoms with Crippen LogP contribution in [0.15, 0.2) is 0 Å². The Morgan fingerprint density at radius 3 is 2.79 bits per heavy atom. The number of nitrogens with one attached hydrogen (secondary N) is 2. The molecule has 0 aliphatic carbocycles. The molecule has 7 heteroatoms. The van der Waals surface area contributed by atoms with Gasteiger partial charge in [-0.1, -0.05) is 11.3 Å². The molecule has 0 bridgehead atoms. The highest BCUT2D eigenvalue weighted by molar-refractivity contribution is 7.17. The summed E-state index contributed by atoms with van der Waals surface area (Å²) in [6.45, 7) is 3.06. The fourth-order valence-electron chi connectivity index (χ4n) is 2.23. The summed E-state index contributed by atoms with van der Waals surface area (Å²) in [5.41, 5.74) is 0. The quantitative estimate of drug-likeness (QED) is 0.845. The fraction of sp³-hybridized carbons (Fsp3) is 0.750. The summed E-state index contributed by atoms with van der Waals surface area (Å²) in [5, 5.41) is 14.6. The monoisotopic (exact) mass is 283 g/mol. The fourth-order valence-corrected chi connectivity index (χ4v) is 2.85. The normalized spacial score (nSPS) is 17.4. The smallest absolute Gasteiger partial charge is 0.282 e. The van der Waals surface area contributed by atoms with Gasteiger partial charge in [-0.3, -0.25) is 4.79 Å². The lowest BCUT2D eigenvalue weighted by Gasteiger charge is -2.28. The highest BCUT2D eigenvalue weighted by Crippen LogP contribution is 2.19. The van der Waals surface area contributed by atoms with E-state index in [0.717, 1.165) is 18.9 Å². The molecule has 1 saturated heterocycles. The van der Waals surface area contributed by atoms with Crippen LogP contribution in [-0.2, 0) is 0 Å². The Bertz CT molecular complexity index is 414. The van der Waals surface area contributed by atoms with Gasteiger partial charge in [0.2, 0.25) is 10.1 Å². The van der Waals surface area contributed by atoms with E-state index in [9.17, 15) is 4.79 Å². The number of hydrogen-bond donors (Lipinski definition) is 2. The predicted molar refractivity (Wildman–Crippen MR) is 76.6 cm³/mol. The number of aromatic nitrogens is 2. The maximum atomic E-state index is 11.8. The minimum absolute atomic E-state index is 0.119. The van der Waals surface area contributed by atoms with Gasteiger partial charge in [0.15, 0.2) is 0 Å². The van der Waals surface area contributed by atoms with E-state index in [4.69, 9.17) is 0 Å². The molecule has 0 spiro atoms. The van der Waals surface area contributed by atoms with E-state index in [1.807, 2.05) is 0 Å². The van der Waals surface area contributed by atoms with E-state index in [0.29, 0.717) is 10.1 Å². The summed E-state index contributed by atoms with van der Waals surface area (Å²) < 4.78 is 0. The summed E-state index contributed by atoms with van der Waals surface area (Å²) in [6.07, 6.45) is 3.52. The second-order valence-electron chi connectivity index (χ2n) is 4.95. The molecular weight excluding hydrogens is 262 g/mol. The molecule has 1 aromatic rings. The van der Waals surface area contributed by atoms with Crippen molar-refractivity contribution in [2.75, 3.05) is 39.0 Å². The van der Waals surface area contributed by atoms with Crippen LogP contribution < -0.4 is 10.6 Å². The Morgan fingerprint density at radius 1 is 1.42 bits per heavy atom. The van der Waals surface area contributed by atoms with Crippen LogP contribution in [0.25, 0.3) is 0 Å². The first kappa shape index (κ1) is 14.2. The van der Waals surface area contributed by atoms with Crippen LogP contribution in [0.5, 0.6) is 0 Å². The van der Waals surface area contributed by atoms with Gasteiger partial charge in [-0.05, 0) is 45.3 Å². The number of amides is 1. The molecule has 0 radical (unpaired) electrons. The van der Waals surface area contributed by atoms with Crippen molar-refractivity contribution in [3.63, 3.8) is 0 Å². The van der Waals surface area contributed by atoms with Crippen LogP contribution in [0.4, 0.5) is 5.13 Å². The average molecular weight is 283 g/mol. The summed E-state index contributed by atoms with van der Waals surface area (Å²) >= 11 is 1.28. The van der Waals surface area contributed by atoms with Crippen LogP contribution in [0.2, 0.25) is 0 Å². The highest BCUT2D eigenvalue weighted by atomic mass is 32.1. The SMILES string of the molecule is CNc1nnc(C(=O)NCCC2CCN(C)CC2)s1. The van der Waals surface area contributed by atoms with Crippen molar-refractivity contribution in [2.24, 2.45) is 5.92 Å². The molecule has 1 aliphatic heterocycles. The Morgan fingerprint density at radius 2 is 2.16 bits per heavy atom. The molecule has 0 saturated carbocycles. The second kappa shape index (κ2) is 6.81. The maximum absolute atomic E-state index is 11.8. The first-order valence-electron chi connectivity index (χ1n) is 6.67. The van der Waals surface area contributed by atoms with Gasteiger partial charge in [0.25, 0.3) is 5.91 Å². The Balaban J connectivity index is 1.69. The van der Waals surface area contributed by atoms with Crippen molar-refractivity contribution in [1.29, 1.82) is 0 Å². The molecule has 0 atom stereocenters. The van der Waals surface area contributed by atoms with Crippen LogP contribution in [0, 0.1) is 5.92 Å². The van der Waals surface area contributed by atoms with Crippen molar-refractivity contribution >= 4 is 22.4 Å². The van der Waals surface area contributed by atoms with Gasteiger partial charge in [0, 0.05) is 13.6 Å². The van der Waals surface area contributed by atoms with Crippen molar-refractivity contribution in [3.8, 4) is 0 Å². The van der Waals surface area contributed by atoms with E-state index >= 15 is 0 Å². The molecule has 1 aliphatic rings. The van der Waals surface area contributed by atoms with Gasteiger partial charge in [-0.2, -0.15) is 0 Å². The molecule has 2 heterocycles. The van der Waals surface area contributed by atoms with Gasteiger partial charge >= 0.3 is 0 Å². The first-order valence-corrected chi connectivity index (χ1v) is 7.48. The minimum Gasteiger partial charge on any atom is -0.363 e. The maximum Gasteiger partial charge on any atom is 0.282 e. The third-order valence-corrected chi connectivity index (χ3v) is 4.45. The van der Waals surface area contributed by atoms with Crippen LogP contribution in [0.1, 0.15) is 29.1 Å². The van der Waals surface area contributed by atoms with E-state index < -0.39 is 0 Å². The number of nitrogens with zero attached hydrogens (tertiary/aromatic N) is 3. The molecule has 6 nitrogen and oxygen atoms in total. The zero-order valence-corrected chi connectivity index (χ0v) is 12.3. The molecule has 0 unspecified atom stereocenters. The van der Waals surface area contributed by atoms with Gasteiger partial charge in [-0.25, -0.2) is 0 Å². The Kier molecular flexibility index (Phi) is 5.09.